The number of aromatic nitrogens is 2. The van der Waals surface area contributed by atoms with Crippen molar-refractivity contribution >= 4 is 11.8 Å². The van der Waals surface area contributed by atoms with Crippen LogP contribution in [-0.2, 0) is 0 Å². The van der Waals surface area contributed by atoms with Crippen LogP contribution in [0.4, 0.5) is 0 Å². The van der Waals surface area contributed by atoms with Gasteiger partial charge in [0, 0.05) is 6.07 Å². The zero-order valence-corrected chi connectivity index (χ0v) is 10.4. The molecule has 1 atom stereocenters. The Labute approximate surface area is 108 Å². The minimum atomic E-state index is -0.0655. The fourth-order valence-electron chi connectivity index (χ4n) is 1.96. The monoisotopic (exact) mass is 264 g/mol. The number of thioether (sulfide) groups is 1. The lowest BCUT2D eigenvalue weighted by atomic mass is 10.2. The molecule has 0 radical (unpaired) electrons. The van der Waals surface area contributed by atoms with Crippen LogP contribution < -0.4 is 0 Å². The second-order valence-electron chi connectivity index (χ2n) is 4.16. The summed E-state index contributed by atoms with van der Waals surface area (Å²) < 4.78 is 5.17. The van der Waals surface area contributed by atoms with Crippen molar-refractivity contribution < 1.29 is 14.7 Å². The molecule has 1 aliphatic heterocycles. The summed E-state index contributed by atoms with van der Waals surface area (Å²) in [5.41, 5.74) is 0.439. The number of hydrogen-bond acceptors (Lipinski definition) is 6. The summed E-state index contributed by atoms with van der Waals surface area (Å²) in [6.07, 6.45) is 2.23. The molecule has 94 valence electrons. The predicted octanol–water partition coefficient (Wildman–Crippen LogP) is 2.72. The van der Waals surface area contributed by atoms with Crippen molar-refractivity contribution in [2.45, 2.75) is 18.1 Å². The van der Waals surface area contributed by atoms with E-state index in [1.54, 1.807) is 6.07 Å². The topological polar surface area (TPSA) is 79.4 Å². The first-order valence-electron chi connectivity index (χ1n) is 5.71. The summed E-state index contributed by atoms with van der Waals surface area (Å²) in [4.78, 5) is 4.31. The third-order valence-electron chi connectivity index (χ3n) is 2.87. The number of phenols is 2. The van der Waals surface area contributed by atoms with Crippen molar-refractivity contribution in [3.8, 4) is 23.0 Å². The average molecular weight is 264 g/mol. The Balaban J connectivity index is 1.92. The zero-order valence-electron chi connectivity index (χ0n) is 9.54. The molecule has 3 rings (SSSR count). The van der Waals surface area contributed by atoms with Crippen LogP contribution in [0.5, 0.6) is 11.5 Å². The standard InChI is InChI=1S/C12H12N2O3S/c15-7-3-4-8(9(16)6-7)12-13-11(14-17-12)10-2-1-5-18-10/h3-4,6,10,15-16H,1-2,5H2. The molecule has 0 bridgehead atoms. The van der Waals surface area contributed by atoms with E-state index in [-0.39, 0.29) is 17.4 Å². The van der Waals surface area contributed by atoms with Gasteiger partial charge in [-0.15, -0.1) is 0 Å². The van der Waals surface area contributed by atoms with Gasteiger partial charge in [0.2, 0.25) is 0 Å². The van der Waals surface area contributed by atoms with E-state index in [9.17, 15) is 10.2 Å². The highest BCUT2D eigenvalue weighted by atomic mass is 32.2. The Kier molecular flexibility index (Phi) is 2.87. The summed E-state index contributed by atoms with van der Waals surface area (Å²) in [7, 11) is 0. The molecule has 1 saturated heterocycles. The Hall–Kier alpha value is -1.69. The number of benzene rings is 1. The van der Waals surface area contributed by atoms with E-state index in [1.165, 1.54) is 18.6 Å². The van der Waals surface area contributed by atoms with Crippen LogP contribution in [0, 0.1) is 0 Å². The lowest BCUT2D eigenvalue weighted by Crippen LogP contribution is -1.91. The van der Waals surface area contributed by atoms with Gasteiger partial charge in [-0.3, -0.25) is 0 Å². The lowest BCUT2D eigenvalue weighted by Gasteiger charge is -2.00. The molecule has 2 N–H and O–H groups in total. The highest BCUT2D eigenvalue weighted by molar-refractivity contribution is 7.99. The Morgan fingerprint density at radius 2 is 2.22 bits per heavy atom. The Bertz CT molecular complexity index is 564. The average Bonchev–Trinajstić information content (AvgIpc) is 2.99. The molecule has 6 heteroatoms. The van der Waals surface area contributed by atoms with Crippen LogP contribution in [0.15, 0.2) is 22.7 Å². The number of nitrogens with zero attached hydrogens (tertiary/aromatic N) is 2. The van der Waals surface area contributed by atoms with Crippen LogP contribution in [0.2, 0.25) is 0 Å². The molecule has 18 heavy (non-hydrogen) atoms. The first-order chi connectivity index (χ1) is 8.74. The van der Waals surface area contributed by atoms with Gasteiger partial charge in [0.05, 0.1) is 10.8 Å². The summed E-state index contributed by atoms with van der Waals surface area (Å²) >= 11 is 1.82. The SMILES string of the molecule is Oc1ccc(-c2nc(C3CCCS3)no2)c(O)c1. The largest absolute Gasteiger partial charge is 0.508 e. The van der Waals surface area contributed by atoms with E-state index < -0.39 is 0 Å². The van der Waals surface area contributed by atoms with Crippen LogP contribution >= 0.6 is 11.8 Å². The van der Waals surface area contributed by atoms with E-state index >= 15 is 0 Å². The van der Waals surface area contributed by atoms with Gasteiger partial charge < -0.3 is 14.7 Å². The van der Waals surface area contributed by atoms with Crippen molar-refractivity contribution in [2.24, 2.45) is 0 Å². The van der Waals surface area contributed by atoms with Gasteiger partial charge in [0.15, 0.2) is 5.82 Å². The maximum atomic E-state index is 9.73. The van der Waals surface area contributed by atoms with E-state index in [0.29, 0.717) is 16.6 Å². The number of phenolic OH excluding ortho intramolecular Hbond substituents is 2. The molecule has 2 heterocycles. The molecular weight excluding hydrogens is 252 g/mol. The quantitative estimate of drug-likeness (QED) is 0.868. The van der Waals surface area contributed by atoms with Gasteiger partial charge in [-0.1, -0.05) is 5.16 Å². The first kappa shape index (κ1) is 11.4. The van der Waals surface area contributed by atoms with Crippen molar-refractivity contribution in [3.63, 3.8) is 0 Å². The highest BCUT2D eigenvalue weighted by Gasteiger charge is 2.24. The molecule has 1 aromatic carbocycles. The second-order valence-corrected chi connectivity index (χ2v) is 5.47. The smallest absolute Gasteiger partial charge is 0.261 e. The van der Waals surface area contributed by atoms with Crippen LogP contribution in [-0.4, -0.2) is 26.1 Å². The molecule has 2 aromatic rings. The minimum absolute atomic E-state index is 0.00216. The zero-order chi connectivity index (χ0) is 12.5. The molecule has 1 aromatic heterocycles. The minimum Gasteiger partial charge on any atom is -0.508 e. The van der Waals surface area contributed by atoms with Crippen molar-refractivity contribution in [3.05, 3.63) is 24.0 Å². The first-order valence-corrected chi connectivity index (χ1v) is 6.76. The Morgan fingerprint density at radius 3 is 2.94 bits per heavy atom. The van der Waals surface area contributed by atoms with Crippen LogP contribution in [0.1, 0.15) is 23.9 Å². The highest BCUT2D eigenvalue weighted by Crippen LogP contribution is 2.39. The molecule has 1 unspecified atom stereocenters. The van der Waals surface area contributed by atoms with E-state index in [0.717, 1.165) is 12.2 Å². The molecular formula is C12H12N2O3S. The lowest BCUT2D eigenvalue weighted by molar-refractivity contribution is 0.415. The van der Waals surface area contributed by atoms with E-state index in [1.807, 2.05) is 11.8 Å². The summed E-state index contributed by atoms with van der Waals surface area (Å²) in [5, 5.41) is 23.2. The van der Waals surface area contributed by atoms with Crippen molar-refractivity contribution in [2.75, 3.05) is 5.75 Å². The third-order valence-corrected chi connectivity index (χ3v) is 4.24. The maximum Gasteiger partial charge on any atom is 0.261 e. The van der Waals surface area contributed by atoms with E-state index in [4.69, 9.17) is 4.52 Å². The molecule has 0 aliphatic carbocycles. The number of rotatable bonds is 2. The van der Waals surface area contributed by atoms with Gasteiger partial charge in [-0.2, -0.15) is 16.7 Å². The second kappa shape index (κ2) is 4.53. The van der Waals surface area contributed by atoms with Gasteiger partial charge in [0.1, 0.15) is 11.5 Å². The normalized spacial score (nSPS) is 19.2. The number of aromatic hydroxyl groups is 2. The molecule has 1 fully saturated rings. The van der Waals surface area contributed by atoms with Crippen LogP contribution in [0.3, 0.4) is 0 Å². The summed E-state index contributed by atoms with van der Waals surface area (Å²) in [6.45, 7) is 0. The van der Waals surface area contributed by atoms with Gasteiger partial charge in [-0.25, -0.2) is 0 Å². The molecule has 0 spiro atoms. The summed E-state index contributed by atoms with van der Waals surface area (Å²) in [5.74, 6) is 2.03. The van der Waals surface area contributed by atoms with Gasteiger partial charge >= 0.3 is 0 Å². The van der Waals surface area contributed by atoms with Gasteiger partial charge in [0.25, 0.3) is 5.89 Å². The van der Waals surface area contributed by atoms with Crippen LogP contribution in [0.25, 0.3) is 11.5 Å². The predicted molar refractivity (Wildman–Crippen MR) is 67.5 cm³/mol. The maximum absolute atomic E-state index is 9.73. The van der Waals surface area contributed by atoms with E-state index in [2.05, 4.69) is 10.1 Å². The van der Waals surface area contributed by atoms with Crippen molar-refractivity contribution in [1.29, 1.82) is 0 Å². The van der Waals surface area contributed by atoms with Gasteiger partial charge in [-0.05, 0) is 30.7 Å². The third kappa shape index (κ3) is 2.03. The molecule has 1 aliphatic rings. The summed E-state index contributed by atoms with van der Waals surface area (Å²) in [6, 6.07) is 4.29. The number of hydrogen-bond donors (Lipinski definition) is 2. The fraction of sp³-hybridized carbons (Fsp3) is 0.333. The molecule has 0 amide bonds. The fourth-order valence-corrected chi connectivity index (χ4v) is 3.15. The molecule has 5 nitrogen and oxygen atoms in total. The van der Waals surface area contributed by atoms with Crippen molar-refractivity contribution in [1.82, 2.24) is 10.1 Å². The Morgan fingerprint density at radius 1 is 1.33 bits per heavy atom. The molecule has 0 saturated carbocycles.